The molecule has 172 valence electrons. The SMILES string of the molecule is CN=C(NCCCCCCC(=O)OC)NCc1ccc(COCC(F)(F)F)cc1.I. The second kappa shape index (κ2) is 16.2. The Morgan fingerprint density at radius 2 is 1.67 bits per heavy atom. The van der Waals surface area contributed by atoms with Gasteiger partial charge in [-0.05, 0) is 24.0 Å². The average molecular weight is 545 g/mol. The summed E-state index contributed by atoms with van der Waals surface area (Å²) in [5, 5.41) is 6.42. The van der Waals surface area contributed by atoms with Crippen molar-refractivity contribution < 1.29 is 27.4 Å². The van der Waals surface area contributed by atoms with Gasteiger partial charge in [-0.2, -0.15) is 13.2 Å². The van der Waals surface area contributed by atoms with Gasteiger partial charge in [0.25, 0.3) is 0 Å². The second-order valence-corrected chi connectivity index (χ2v) is 6.52. The lowest BCUT2D eigenvalue weighted by Crippen LogP contribution is -2.37. The Balaban J connectivity index is 0.00000841. The number of carbonyl (C=O) groups excluding carboxylic acids is 1. The Morgan fingerprint density at radius 1 is 1.03 bits per heavy atom. The number of esters is 1. The summed E-state index contributed by atoms with van der Waals surface area (Å²) in [5.74, 6) is 0.506. The van der Waals surface area contributed by atoms with E-state index in [4.69, 9.17) is 0 Å². The fourth-order valence-electron chi connectivity index (χ4n) is 2.50. The van der Waals surface area contributed by atoms with Crippen LogP contribution in [-0.2, 0) is 27.4 Å². The number of rotatable bonds is 12. The first-order chi connectivity index (χ1) is 13.8. The zero-order valence-corrected chi connectivity index (χ0v) is 19.7. The molecule has 0 fully saturated rings. The van der Waals surface area contributed by atoms with Crippen LogP contribution in [0, 0.1) is 0 Å². The Morgan fingerprint density at radius 3 is 2.27 bits per heavy atom. The van der Waals surface area contributed by atoms with E-state index in [9.17, 15) is 18.0 Å². The van der Waals surface area contributed by atoms with Gasteiger partial charge in [-0.15, -0.1) is 24.0 Å². The lowest BCUT2D eigenvalue weighted by atomic mass is 10.1. The van der Waals surface area contributed by atoms with Crippen LogP contribution >= 0.6 is 24.0 Å². The minimum absolute atomic E-state index is 0. The van der Waals surface area contributed by atoms with Gasteiger partial charge in [0.1, 0.15) is 6.61 Å². The zero-order chi connectivity index (χ0) is 21.5. The number of hydrogen-bond acceptors (Lipinski definition) is 4. The van der Waals surface area contributed by atoms with Crippen LogP contribution in [0.5, 0.6) is 0 Å². The van der Waals surface area contributed by atoms with E-state index < -0.39 is 12.8 Å². The van der Waals surface area contributed by atoms with Crippen molar-refractivity contribution in [1.82, 2.24) is 10.6 Å². The number of methoxy groups -OCH3 is 1. The molecule has 0 amide bonds. The molecule has 0 unspecified atom stereocenters. The monoisotopic (exact) mass is 545 g/mol. The van der Waals surface area contributed by atoms with Crippen LogP contribution in [0.4, 0.5) is 13.2 Å². The molecule has 0 saturated heterocycles. The predicted molar refractivity (Wildman–Crippen MR) is 121 cm³/mol. The molecular weight excluding hydrogens is 514 g/mol. The summed E-state index contributed by atoms with van der Waals surface area (Å²) in [4.78, 5) is 15.2. The zero-order valence-electron chi connectivity index (χ0n) is 17.4. The molecular formula is C20H31F3IN3O3. The van der Waals surface area contributed by atoms with Crippen molar-refractivity contribution >= 4 is 35.9 Å². The lowest BCUT2D eigenvalue weighted by Gasteiger charge is -2.12. The number of nitrogens with one attached hydrogen (secondary N) is 2. The summed E-state index contributed by atoms with van der Waals surface area (Å²) in [6, 6.07) is 7.18. The smallest absolute Gasteiger partial charge is 0.411 e. The topological polar surface area (TPSA) is 72.0 Å². The van der Waals surface area contributed by atoms with Crippen molar-refractivity contribution in [3.05, 3.63) is 35.4 Å². The third-order valence-corrected chi connectivity index (χ3v) is 4.07. The molecule has 10 heteroatoms. The van der Waals surface area contributed by atoms with Gasteiger partial charge < -0.3 is 20.1 Å². The van der Waals surface area contributed by atoms with Crippen molar-refractivity contribution in [1.29, 1.82) is 0 Å². The molecule has 0 aliphatic rings. The van der Waals surface area contributed by atoms with Crippen LogP contribution in [0.15, 0.2) is 29.3 Å². The number of benzene rings is 1. The van der Waals surface area contributed by atoms with Crippen LogP contribution in [-0.4, -0.2) is 45.4 Å². The molecule has 0 aliphatic heterocycles. The molecule has 0 radical (unpaired) electrons. The number of halogens is 4. The third-order valence-electron chi connectivity index (χ3n) is 4.07. The molecule has 0 aromatic heterocycles. The molecule has 30 heavy (non-hydrogen) atoms. The first-order valence-corrected chi connectivity index (χ1v) is 9.57. The van der Waals surface area contributed by atoms with Gasteiger partial charge in [0, 0.05) is 26.6 Å². The molecule has 1 rings (SSSR count). The number of aliphatic imine (C=N–C) groups is 1. The standard InChI is InChI=1S/C20H30F3N3O3.HI/c1-24-19(25-12-6-4-3-5-7-18(27)28-2)26-13-16-8-10-17(11-9-16)14-29-15-20(21,22)23;/h8-11H,3-7,12-15H2,1-2H3,(H2,24,25,26);1H. The number of guanidine groups is 1. The Hall–Kier alpha value is -1.56. The highest BCUT2D eigenvalue weighted by atomic mass is 127. The summed E-state index contributed by atoms with van der Waals surface area (Å²) >= 11 is 0. The van der Waals surface area contributed by atoms with E-state index in [0.29, 0.717) is 24.5 Å². The van der Waals surface area contributed by atoms with Crippen molar-refractivity contribution in [3.8, 4) is 0 Å². The number of alkyl halides is 3. The first-order valence-electron chi connectivity index (χ1n) is 9.57. The maximum atomic E-state index is 12.1. The average Bonchev–Trinajstić information content (AvgIpc) is 2.69. The molecule has 1 aromatic rings. The number of nitrogens with zero attached hydrogens (tertiary/aromatic N) is 1. The molecule has 0 saturated carbocycles. The normalized spacial score (nSPS) is 11.6. The number of unbranched alkanes of at least 4 members (excludes halogenated alkanes) is 3. The van der Waals surface area contributed by atoms with E-state index in [2.05, 4.69) is 25.1 Å². The fraction of sp³-hybridized carbons (Fsp3) is 0.600. The van der Waals surface area contributed by atoms with Crippen LogP contribution in [0.1, 0.15) is 43.2 Å². The van der Waals surface area contributed by atoms with Crippen molar-refractivity contribution in [3.63, 3.8) is 0 Å². The molecule has 0 aliphatic carbocycles. The minimum Gasteiger partial charge on any atom is -0.469 e. The lowest BCUT2D eigenvalue weighted by molar-refractivity contribution is -0.176. The molecule has 6 nitrogen and oxygen atoms in total. The molecule has 0 spiro atoms. The van der Waals surface area contributed by atoms with Crippen LogP contribution < -0.4 is 10.6 Å². The van der Waals surface area contributed by atoms with Gasteiger partial charge in [0.2, 0.25) is 0 Å². The number of ether oxygens (including phenoxy) is 2. The predicted octanol–water partition coefficient (Wildman–Crippen LogP) is 4.17. The number of carbonyl (C=O) groups is 1. The summed E-state index contributed by atoms with van der Waals surface area (Å²) in [6.07, 6.45) is -0.0672. The molecule has 1 aromatic carbocycles. The van der Waals surface area contributed by atoms with Crippen molar-refractivity contribution in [2.24, 2.45) is 4.99 Å². The quantitative estimate of drug-likeness (QED) is 0.136. The Labute approximate surface area is 193 Å². The second-order valence-electron chi connectivity index (χ2n) is 6.52. The van der Waals surface area contributed by atoms with Gasteiger partial charge in [-0.1, -0.05) is 37.1 Å². The van der Waals surface area contributed by atoms with Crippen molar-refractivity contribution in [2.75, 3.05) is 27.3 Å². The number of hydrogen-bond donors (Lipinski definition) is 2. The molecule has 0 bridgehead atoms. The first kappa shape index (κ1) is 28.4. The molecule has 2 N–H and O–H groups in total. The maximum Gasteiger partial charge on any atom is 0.411 e. The van der Waals surface area contributed by atoms with E-state index in [1.54, 1.807) is 19.2 Å². The van der Waals surface area contributed by atoms with Crippen molar-refractivity contribution in [2.45, 2.75) is 51.4 Å². The van der Waals surface area contributed by atoms with E-state index in [0.717, 1.165) is 37.8 Å². The van der Waals surface area contributed by atoms with E-state index in [1.165, 1.54) is 7.11 Å². The minimum atomic E-state index is -4.31. The van der Waals surface area contributed by atoms with Gasteiger partial charge in [-0.3, -0.25) is 9.79 Å². The van der Waals surface area contributed by atoms with Gasteiger partial charge >= 0.3 is 12.1 Å². The maximum absolute atomic E-state index is 12.1. The summed E-state index contributed by atoms with van der Waals surface area (Å²) in [5.41, 5.74) is 1.67. The highest BCUT2D eigenvalue weighted by Gasteiger charge is 2.27. The third kappa shape index (κ3) is 14.4. The van der Waals surface area contributed by atoms with Gasteiger partial charge in [-0.25, -0.2) is 0 Å². The summed E-state index contributed by atoms with van der Waals surface area (Å²) in [6.45, 7) is -0.00444. The largest absolute Gasteiger partial charge is 0.469 e. The Bertz CT molecular complexity index is 626. The van der Waals surface area contributed by atoms with Gasteiger partial charge in [0.05, 0.1) is 13.7 Å². The van der Waals surface area contributed by atoms with Gasteiger partial charge in [0.15, 0.2) is 5.96 Å². The summed E-state index contributed by atoms with van der Waals surface area (Å²) < 4.78 is 45.5. The molecule has 0 atom stereocenters. The highest BCUT2D eigenvalue weighted by molar-refractivity contribution is 14.0. The van der Waals surface area contributed by atoms with Crippen LogP contribution in [0.3, 0.4) is 0 Å². The van der Waals surface area contributed by atoms with E-state index >= 15 is 0 Å². The van der Waals surface area contributed by atoms with Crippen LogP contribution in [0.25, 0.3) is 0 Å². The van der Waals surface area contributed by atoms with E-state index in [-0.39, 0.29) is 36.6 Å². The summed E-state index contributed by atoms with van der Waals surface area (Å²) in [7, 11) is 3.08. The fourth-order valence-corrected chi connectivity index (χ4v) is 2.50. The Kier molecular flexibility index (Phi) is 15.3. The molecule has 0 heterocycles. The van der Waals surface area contributed by atoms with Crippen LogP contribution in [0.2, 0.25) is 0 Å². The highest BCUT2D eigenvalue weighted by Crippen LogP contribution is 2.15. The van der Waals surface area contributed by atoms with E-state index in [1.807, 2.05) is 12.1 Å².